The molecule has 4 aromatic carbocycles. The first-order valence-corrected chi connectivity index (χ1v) is 20.7. The zero-order chi connectivity index (χ0) is 41.1. The van der Waals surface area contributed by atoms with E-state index in [1.54, 1.807) is 24.3 Å². The number of fused-ring (bicyclic) bond motifs is 2. The summed E-state index contributed by atoms with van der Waals surface area (Å²) in [4.78, 5) is 22.6. The van der Waals surface area contributed by atoms with Gasteiger partial charge in [0.15, 0.2) is 0 Å². The smallest absolute Gasteiger partial charge is 0.217 e. The molecule has 0 amide bonds. The fourth-order valence-electron chi connectivity index (χ4n) is 5.55. The Balaban J connectivity index is 1.22. The lowest BCUT2D eigenvalue weighted by atomic mass is 9.93. The molecule has 2 aliphatic rings. The zero-order valence-electron chi connectivity index (χ0n) is 27.5. The number of nitrogen functional groups attached to an aromatic ring is 2. The molecule has 0 fully saturated rings. The minimum Gasteiger partial charge on any atom is -0.744 e. The topological polar surface area (TPSA) is 364 Å². The molecule has 0 radical (unpaired) electrons. The van der Waals surface area contributed by atoms with E-state index in [9.17, 15) is 61.5 Å². The van der Waals surface area contributed by atoms with Gasteiger partial charge in [0.05, 0.1) is 42.1 Å². The first-order valence-electron chi connectivity index (χ1n) is 15.1. The third-order valence-electron chi connectivity index (χ3n) is 8.08. The van der Waals surface area contributed by atoms with Crippen LogP contribution in [0, 0.1) is 0 Å². The predicted octanol–water partition coefficient (Wildman–Crippen LogP) is 1.43. The summed E-state index contributed by atoms with van der Waals surface area (Å²) in [5.74, 6) is -2.27. The Hall–Kier alpha value is -6.12. The number of carbonyl (C=O) groups excluding carboxylic acids is 2. The molecule has 0 saturated heterocycles. The fraction of sp³-hybridized carbons (Fsp3) is 0. The molecule has 24 heteroatoms. The van der Waals surface area contributed by atoms with Gasteiger partial charge in [-0.3, -0.25) is 20.4 Å². The van der Waals surface area contributed by atoms with E-state index in [1.165, 1.54) is 24.3 Å². The lowest BCUT2D eigenvalue weighted by molar-refractivity contribution is 0.105. The Kier molecular flexibility index (Phi) is 9.80. The summed E-state index contributed by atoms with van der Waals surface area (Å²) in [6.45, 7) is 0. The highest BCUT2D eigenvalue weighted by Gasteiger charge is 2.33. The number of hydrazone groups is 2. The molecule has 2 aliphatic carbocycles. The van der Waals surface area contributed by atoms with Gasteiger partial charge in [-0.05, 0) is 82.9 Å². The molecule has 0 saturated carbocycles. The average Bonchev–Trinajstić information content (AvgIpc) is 3.09. The minimum absolute atomic E-state index is 0.208. The molecule has 0 bridgehead atoms. The molecular weight excluding hydrogens is 821 g/mol. The van der Waals surface area contributed by atoms with Crippen molar-refractivity contribution in [3.8, 4) is 11.1 Å². The van der Waals surface area contributed by atoms with E-state index in [2.05, 4.69) is 21.1 Å². The van der Waals surface area contributed by atoms with Crippen molar-refractivity contribution in [2.45, 2.75) is 9.79 Å². The normalized spacial score (nSPS) is 16.2. The number of allylic oxidation sites excluding steroid dienone is 2. The molecule has 0 aromatic heterocycles. The Bertz CT molecular complexity index is 2790. The largest absolute Gasteiger partial charge is 0.744 e. The number of Topliss-reactive ketones (excluding diaryl/α,β-unsaturated/α-hetero) is 2. The van der Waals surface area contributed by atoms with E-state index in [0.717, 1.165) is 12.1 Å². The SMILES string of the molecule is Nc1cc(S(=O)(=O)[O-])cc2c1C(=O)C(=NNc1ccc(-c3ccc(NN=C4C(=O)c5c(N)cc(S(=O)(=O)[O-])cc5C=C4S(=O)(=O)[O-])cc3)cc1)C(S(=O)(=O)[O-])=C2. The van der Waals surface area contributed by atoms with Crippen LogP contribution in [0.5, 0.6) is 0 Å². The molecule has 0 unspecified atom stereocenters. The molecule has 6 rings (SSSR count). The summed E-state index contributed by atoms with van der Waals surface area (Å²) < 4.78 is 141. The second-order valence-corrected chi connectivity index (χ2v) is 17.2. The second kappa shape index (κ2) is 13.9. The van der Waals surface area contributed by atoms with Gasteiger partial charge in [-0.2, -0.15) is 10.2 Å². The minimum atomic E-state index is -5.36. The number of anilines is 4. The van der Waals surface area contributed by atoms with Crippen molar-refractivity contribution in [2.75, 3.05) is 22.3 Å². The molecule has 4 aromatic rings. The number of nitrogens with two attached hydrogens (primary N) is 2. The third-order valence-corrected chi connectivity index (χ3v) is 11.4. The van der Waals surface area contributed by atoms with Gasteiger partial charge in [0.1, 0.15) is 51.9 Å². The molecule has 56 heavy (non-hydrogen) atoms. The highest BCUT2D eigenvalue weighted by molar-refractivity contribution is 7.91. The maximum absolute atomic E-state index is 13.2. The number of carbonyl (C=O) groups is 2. The first kappa shape index (κ1) is 39.6. The van der Waals surface area contributed by atoms with E-state index in [1.807, 2.05) is 0 Å². The number of nitrogens with one attached hydrogen (secondary N) is 2. The van der Waals surface area contributed by atoms with Gasteiger partial charge in [-0.25, -0.2) is 33.7 Å². The Labute approximate surface area is 316 Å². The van der Waals surface area contributed by atoms with Crippen LogP contribution in [0.3, 0.4) is 0 Å². The van der Waals surface area contributed by atoms with Gasteiger partial charge in [-0.15, -0.1) is 0 Å². The van der Waals surface area contributed by atoms with Crippen LogP contribution in [0.1, 0.15) is 31.8 Å². The van der Waals surface area contributed by atoms with Crippen molar-refractivity contribution < 1.29 is 61.5 Å². The highest BCUT2D eigenvalue weighted by Crippen LogP contribution is 2.34. The summed E-state index contributed by atoms with van der Waals surface area (Å²) >= 11 is 0. The molecule has 0 atom stereocenters. The van der Waals surface area contributed by atoms with Crippen molar-refractivity contribution in [2.24, 2.45) is 10.2 Å². The van der Waals surface area contributed by atoms with Crippen LogP contribution in [0.4, 0.5) is 22.7 Å². The summed E-state index contributed by atoms with van der Waals surface area (Å²) in [7, 11) is -20.8. The molecule has 0 heterocycles. The van der Waals surface area contributed by atoms with Crippen LogP contribution in [0.15, 0.2) is 103 Å². The predicted molar refractivity (Wildman–Crippen MR) is 196 cm³/mol. The van der Waals surface area contributed by atoms with Gasteiger partial charge in [0.2, 0.25) is 11.6 Å². The summed E-state index contributed by atoms with van der Waals surface area (Å²) in [6.07, 6.45) is 1.37. The third kappa shape index (κ3) is 7.84. The number of hydrogen-bond donors (Lipinski definition) is 4. The van der Waals surface area contributed by atoms with E-state index in [-0.39, 0.29) is 33.6 Å². The van der Waals surface area contributed by atoms with Crippen molar-refractivity contribution in [1.29, 1.82) is 0 Å². The van der Waals surface area contributed by atoms with Crippen LogP contribution < -0.4 is 22.3 Å². The highest BCUT2D eigenvalue weighted by atomic mass is 32.2. The van der Waals surface area contributed by atoms with Gasteiger partial charge in [-0.1, -0.05) is 24.3 Å². The monoisotopic (exact) mass is 840 g/mol. The quantitative estimate of drug-likeness (QED) is 0.105. The molecule has 0 aliphatic heterocycles. The van der Waals surface area contributed by atoms with E-state index >= 15 is 0 Å². The van der Waals surface area contributed by atoms with Crippen LogP contribution in [0.25, 0.3) is 23.3 Å². The number of nitrogens with zero attached hydrogens (tertiary/aromatic N) is 2. The van der Waals surface area contributed by atoms with Crippen molar-refractivity contribution in [3.05, 3.63) is 105 Å². The van der Waals surface area contributed by atoms with E-state index < -0.39 is 94.4 Å². The zero-order valence-corrected chi connectivity index (χ0v) is 30.7. The Morgan fingerprint density at radius 1 is 0.482 bits per heavy atom. The molecule has 20 nitrogen and oxygen atoms in total. The number of ketones is 2. The maximum atomic E-state index is 13.2. The van der Waals surface area contributed by atoms with Gasteiger partial charge >= 0.3 is 0 Å². The lowest BCUT2D eigenvalue weighted by Crippen LogP contribution is -2.28. The van der Waals surface area contributed by atoms with Gasteiger partial charge in [0, 0.05) is 11.4 Å². The van der Waals surface area contributed by atoms with Crippen molar-refractivity contribution in [1.82, 2.24) is 0 Å². The second-order valence-electron chi connectivity index (χ2n) is 11.7. The Morgan fingerprint density at radius 3 is 1.09 bits per heavy atom. The number of benzene rings is 4. The summed E-state index contributed by atoms with van der Waals surface area (Å²) in [6, 6.07) is 15.1. The first-order chi connectivity index (χ1) is 25.9. The Morgan fingerprint density at radius 2 is 0.804 bits per heavy atom. The van der Waals surface area contributed by atoms with Crippen LogP contribution in [0.2, 0.25) is 0 Å². The number of rotatable bonds is 9. The van der Waals surface area contributed by atoms with Gasteiger partial charge in [0.25, 0.3) is 0 Å². The summed E-state index contributed by atoms with van der Waals surface area (Å²) in [5.41, 5.74) is 14.0. The van der Waals surface area contributed by atoms with Gasteiger partial charge < -0.3 is 29.7 Å². The molecule has 0 spiro atoms. The lowest BCUT2D eigenvalue weighted by Gasteiger charge is -2.22. The molecule has 290 valence electrons. The van der Waals surface area contributed by atoms with Crippen LogP contribution in [-0.4, -0.2) is 74.9 Å². The van der Waals surface area contributed by atoms with E-state index in [0.29, 0.717) is 35.4 Å². The standard InChI is InChI=1S/C32H24N6O14S4/c33-23-13-21(53(41,42)43)9-17-11-25(55(47,48)49)29(31(39)27(17)23)37-35-19-5-1-15(2-6-19)16-3-7-20(8-4-16)36-38-30-26(56(50,51)52)12-18-10-22(54(44,45)46)14-24(34)28(18)32(30)40/h1-14,35-36H,33-34H2,(H,41,42,43)(H,44,45,46)(H,47,48,49)(H,50,51,52)/p-4. The number of hydrogen-bond acceptors (Lipinski definition) is 20. The van der Waals surface area contributed by atoms with Crippen LogP contribution in [-0.2, 0) is 40.5 Å². The van der Waals surface area contributed by atoms with Crippen molar-refractivity contribution >= 4 is 98.4 Å². The van der Waals surface area contributed by atoms with E-state index in [4.69, 9.17) is 11.5 Å². The fourth-order valence-corrected chi connectivity index (χ4v) is 7.93. The maximum Gasteiger partial charge on any atom is 0.217 e. The van der Waals surface area contributed by atoms with Crippen molar-refractivity contribution in [3.63, 3.8) is 0 Å². The molecule has 6 N–H and O–H groups in total. The van der Waals surface area contributed by atoms with Crippen LogP contribution >= 0.6 is 0 Å². The summed E-state index contributed by atoms with van der Waals surface area (Å²) in [5, 5.41) is 7.62. The molecular formula is C32H20N6O14S4-4. The average molecular weight is 841 g/mol.